The molecule has 0 saturated heterocycles. The van der Waals surface area contributed by atoms with Crippen LogP contribution in [0.15, 0.2) is 10.9 Å². The first-order valence-electron chi connectivity index (χ1n) is 2.64. The molecule has 4 heteroatoms. The predicted octanol–water partition coefficient (Wildman–Crippen LogP) is 0.777. The van der Waals surface area contributed by atoms with Crippen molar-refractivity contribution in [1.29, 1.82) is 0 Å². The molecule has 0 aliphatic rings. The van der Waals surface area contributed by atoms with E-state index in [9.17, 15) is 0 Å². The molecular weight excluding hydrogens is 120 g/mol. The SMILES string of the molecule is CO[C@@H](C)c1ncno1. The van der Waals surface area contributed by atoms with Crippen LogP contribution in [0, 0.1) is 0 Å². The fourth-order valence-corrected chi connectivity index (χ4v) is 0.462. The summed E-state index contributed by atoms with van der Waals surface area (Å²) in [6.07, 6.45) is 1.25. The number of rotatable bonds is 2. The number of hydrogen-bond donors (Lipinski definition) is 0. The van der Waals surface area contributed by atoms with Crippen molar-refractivity contribution < 1.29 is 9.26 Å². The normalized spacial score (nSPS) is 13.6. The van der Waals surface area contributed by atoms with E-state index in [1.54, 1.807) is 7.11 Å². The first kappa shape index (κ1) is 6.22. The fourth-order valence-electron chi connectivity index (χ4n) is 0.462. The second-order valence-electron chi connectivity index (χ2n) is 1.66. The topological polar surface area (TPSA) is 48.2 Å². The molecule has 0 saturated carbocycles. The fraction of sp³-hybridized carbons (Fsp3) is 0.600. The Labute approximate surface area is 52.8 Å². The molecule has 0 unspecified atom stereocenters. The van der Waals surface area contributed by atoms with Crippen molar-refractivity contribution in [2.75, 3.05) is 7.11 Å². The minimum absolute atomic E-state index is 0.104. The average molecular weight is 128 g/mol. The third kappa shape index (κ3) is 1.26. The second-order valence-corrected chi connectivity index (χ2v) is 1.66. The summed E-state index contributed by atoms with van der Waals surface area (Å²) in [6.45, 7) is 1.84. The molecule has 0 bridgehead atoms. The summed E-state index contributed by atoms with van der Waals surface area (Å²) in [5.41, 5.74) is 0. The Morgan fingerprint density at radius 1 is 1.78 bits per heavy atom. The van der Waals surface area contributed by atoms with E-state index >= 15 is 0 Å². The summed E-state index contributed by atoms with van der Waals surface area (Å²) in [7, 11) is 1.59. The molecule has 4 nitrogen and oxygen atoms in total. The summed E-state index contributed by atoms with van der Waals surface area (Å²) in [6, 6.07) is 0. The standard InChI is InChI=1S/C5H8N2O2/c1-4(8-2)5-6-3-7-9-5/h3-4H,1-2H3/t4-/m0/s1. The monoisotopic (exact) mass is 128 g/mol. The van der Waals surface area contributed by atoms with Crippen LogP contribution in [0.3, 0.4) is 0 Å². The first-order chi connectivity index (χ1) is 4.34. The highest BCUT2D eigenvalue weighted by atomic mass is 16.5. The Morgan fingerprint density at radius 3 is 3.00 bits per heavy atom. The van der Waals surface area contributed by atoms with Gasteiger partial charge in [0, 0.05) is 7.11 Å². The van der Waals surface area contributed by atoms with E-state index in [1.165, 1.54) is 6.33 Å². The van der Waals surface area contributed by atoms with Crippen LogP contribution in [0.25, 0.3) is 0 Å². The molecule has 0 aromatic carbocycles. The molecule has 1 aromatic heterocycles. The number of nitrogens with zero attached hydrogens (tertiary/aromatic N) is 2. The molecule has 50 valence electrons. The minimum atomic E-state index is -0.104. The molecule has 1 atom stereocenters. The third-order valence-electron chi connectivity index (χ3n) is 1.08. The highest BCUT2D eigenvalue weighted by Crippen LogP contribution is 2.09. The molecule has 0 N–H and O–H groups in total. The number of aromatic nitrogens is 2. The molecule has 0 spiro atoms. The lowest BCUT2D eigenvalue weighted by atomic mass is 10.4. The van der Waals surface area contributed by atoms with Crippen LogP contribution >= 0.6 is 0 Å². The number of hydrogen-bond acceptors (Lipinski definition) is 4. The van der Waals surface area contributed by atoms with Crippen molar-refractivity contribution in [2.45, 2.75) is 13.0 Å². The van der Waals surface area contributed by atoms with Gasteiger partial charge in [0.05, 0.1) is 0 Å². The van der Waals surface area contributed by atoms with Gasteiger partial charge in [-0.1, -0.05) is 5.16 Å². The van der Waals surface area contributed by atoms with Crippen molar-refractivity contribution in [3.05, 3.63) is 12.2 Å². The van der Waals surface area contributed by atoms with Crippen LogP contribution in [0.1, 0.15) is 18.9 Å². The quantitative estimate of drug-likeness (QED) is 0.590. The smallest absolute Gasteiger partial charge is 0.255 e. The molecule has 0 aliphatic heterocycles. The Hall–Kier alpha value is -0.900. The maximum absolute atomic E-state index is 4.90. The predicted molar refractivity (Wildman–Crippen MR) is 29.7 cm³/mol. The molecule has 1 aromatic rings. The lowest BCUT2D eigenvalue weighted by molar-refractivity contribution is 0.0886. The summed E-state index contributed by atoms with van der Waals surface area (Å²) in [4.78, 5) is 3.78. The molecule has 1 heterocycles. The lowest BCUT2D eigenvalue weighted by Gasteiger charge is -2.00. The van der Waals surface area contributed by atoms with Gasteiger partial charge in [-0.15, -0.1) is 0 Å². The van der Waals surface area contributed by atoms with Gasteiger partial charge in [-0.3, -0.25) is 0 Å². The van der Waals surface area contributed by atoms with E-state index in [1.807, 2.05) is 6.92 Å². The van der Waals surface area contributed by atoms with Crippen LogP contribution in [0.4, 0.5) is 0 Å². The van der Waals surface area contributed by atoms with E-state index in [0.717, 1.165) is 0 Å². The van der Waals surface area contributed by atoms with Gasteiger partial charge >= 0.3 is 0 Å². The molecule has 0 aliphatic carbocycles. The van der Waals surface area contributed by atoms with Crippen molar-refractivity contribution in [3.8, 4) is 0 Å². The van der Waals surface area contributed by atoms with Crippen LogP contribution in [-0.4, -0.2) is 17.3 Å². The Bertz CT molecular complexity index is 161. The van der Waals surface area contributed by atoms with Gasteiger partial charge in [-0.2, -0.15) is 4.98 Å². The maximum Gasteiger partial charge on any atom is 0.255 e. The zero-order valence-electron chi connectivity index (χ0n) is 5.37. The van der Waals surface area contributed by atoms with E-state index in [-0.39, 0.29) is 6.10 Å². The molecule has 9 heavy (non-hydrogen) atoms. The van der Waals surface area contributed by atoms with Gasteiger partial charge in [0.2, 0.25) is 0 Å². The van der Waals surface area contributed by atoms with Gasteiger partial charge in [-0.05, 0) is 6.92 Å². The highest BCUT2D eigenvalue weighted by Gasteiger charge is 2.07. The minimum Gasteiger partial charge on any atom is -0.372 e. The largest absolute Gasteiger partial charge is 0.372 e. The van der Waals surface area contributed by atoms with E-state index in [0.29, 0.717) is 5.89 Å². The van der Waals surface area contributed by atoms with Crippen LogP contribution in [-0.2, 0) is 4.74 Å². The first-order valence-corrected chi connectivity index (χ1v) is 2.64. The number of methoxy groups -OCH3 is 1. The second kappa shape index (κ2) is 2.59. The Morgan fingerprint density at radius 2 is 2.56 bits per heavy atom. The van der Waals surface area contributed by atoms with E-state index in [4.69, 9.17) is 9.26 Å². The highest BCUT2D eigenvalue weighted by molar-refractivity contribution is 4.78. The molecule has 0 radical (unpaired) electrons. The lowest BCUT2D eigenvalue weighted by Crippen LogP contribution is -1.94. The summed E-state index contributed by atoms with van der Waals surface area (Å²) < 4.78 is 9.60. The average Bonchev–Trinajstić information content (AvgIpc) is 2.37. The van der Waals surface area contributed by atoms with Crippen molar-refractivity contribution in [3.63, 3.8) is 0 Å². The van der Waals surface area contributed by atoms with Gasteiger partial charge < -0.3 is 9.26 Å². The summed E-state index contributed by atoms with van der Waals surface area (Å²) >= 11 is 0. The van der Waals surface area contributed by atoms with Crippen molar-refractivity contribution >= 4 is 0 Å². The Kier molecular flexibility index (Phi) is 1.79. The molecular formula is C5H8N2O2. The van der Waals surface area contributed by atoms with Crippen LogP contribution < -0.4 is 0 Å². The van der Waals surface area contributed by atoms with Crippen molar-refractivity contribution in [2.24, 2.45) is 0 Å². The zero-order valence-corrected chi connectivity index (χ0v) is 5.37. The van der Waals surface area contributed by atoms with Crippen molar-refractivity contribution in [1.82, 2.24) is 10.1 Å². The number of ether oxygens (including phenoxy) is 1. The van der Waals surface area contributed by atoms with Crippen LogP contribution in [0.5, 0.6) is 0 Å². The zero-order chi connectivity index (χ0) is 6.69. The van der Waals surface area contributed by atoms with E-state index < -0.39 is 0 Å². The molecule has 0 fully saturated rings. The van der Waals surface area contributed by atoms with Gasteiger partial charge in [0.25, 0.3) is 5.89 Å². The maximum atomic E-state index is 4.90. The van der Waals surface area contributed by atoms with Gasteiger partial charge in [0.15, 0.2) is 6.33 Å². The summed E-state index contributed by atoms with van der Waals surface area (Å²) in [5, 5.41) is 3.43. The van der Waals surface area contributed by atoms with Gasteiger partial charge in [0.1, 0.15) is 6.10 Å². The van der Waals surface area contributed by atoms with E-state index in [2.05, 4.69) is 10.1 Å². The Balaban J connectivity index is 2.65. The molecule has 0 amide bonds. The third-order valence-corrected chi connectivity index (χ3v) is 1.08. The van der Waals surface area contributed by atoms with Crippen LogP contribution in [0.2, 0.25) is 0 Å². The summed E-state index contributed by atoms with van der Waals surface area (Å²) in [5.74, 6) is 0.512. The van der Waals surface area contributed by atoms with Gasteiger partial charge in [-0.25, -0.2) is 0 Å². The molecule has 1 rings (SSSR count).